The Balaban J connectivity index is 1.58. The summed E-state index contributed by atoms with van der Waals surface area (Å²) >= 11 is 12.2. The normalized spacial score (nSPS) is 17.1. The Morgan fingerprint density at radius 1 is 1.14 bits per heavy atom. The second-order valence-electron chi connectivity index (χ2n) is 9.01. The second-order valence-corrected chi connectivity index (χ2v) is 9.81. The number of anilines is 2. The van der Waals surface area contributed by atoms with Gasteiger partial charge in [-0.3, -0.25) is 9.78 Å². The molecule has 2 N–H and O–H groups in total. The van der Waals surface area contributed by atoms with E-state index in [-0.39, 0.29) is 18.0 Å². The van der Waals surface area contributed by atoms with Crippen LogP contribution in [0.25, 0.3) is 11.3 Å². The first-order valence-electron chi connectivity index (χ1n) is 12.1. The number of benzene rings is 2. The highest BCUT2D eigenvalue weighted by Gasteiger charge is 2.42. The Labute approximate surface area is 226 Å². The fourth-order valence-electron chi connectivity index (χ4n) is 4.63. The number of aryl methyl sites for hydroxylation is 1. The van der Waals surface area contributed by atoms with Crippen molar-refractivity contribution in [3.63, 3.8) is 0 Å². The molecule has 2 aromatic heterocycles. The van der Waals surface area contributed by atoms with E-state index in [1.807, 2.05) is 87.5 Å². The fraction of sp³-hybridized carbons (Fsp3) is 0.207. The molecule has 0 saturated carbocycles. The number of rotatable bonds is 6. The zero-order valence-corrected chi connectivity index (χ0v) is 22.4. The molecule has 0 bridgehead atoms. The molecule has 0 unspecified atom stereocenters. The van der Waals surface area contributed by atoms with E-state index in [0.29, 0.717) is 16.6 Å². The molecule has 5 rings (SSSR count). The van der Waals surface area contributed by atoms with E-state index in [4.69, 9.17) is 28.2 Å². The standard InChI is InChI=1S/C29H27ClN4O2S/c1-4-26(35)32-22-12-11-19(16-17(22)2)34-28(27(33-29(34)37)23-10-5-6-15-31-23)25-14-13-24(36-25)20-8-7-9-21(30)18(20)3/h5-16,27-28H,4H2,1-3H3,(H,32,35)(H,33,37)/t27-,28+/m0/s1. The Hall–Kier alpha value is -3.68. The molecule has 4 aromatic rings. The minimum absolute atomic E-state index is 0.0262. The molecular formula is C29H27ClN4O2S. The predicted octanol–water partition coefficient (Wildman–Crippen LogP) is 7.14. The molecule has 6 nitrogen and oxygen atoms in total. The Kier molecular flexibility index (Phi) is 7.00. The second kappa shape index (κ2) is 10.4. The van der Waals surface area contributed by atoms with Crippen molar-refractivity contribution in [3.8, 4) is 11.3 Å². The monoisotopic (exact) mass is 530 g/mol. The number of aromatic nitrogens is 1. The summed E-state index contributed by atoms with van der Waals surface area (Å²) < 4.78 is 6.48. The van der Waals surface area contributed by atoms with Crippen LogP contribution in [0, 0.1) is 13.8 Å². The first-order valence-corrected chi connectivity index (χ1v) is 12.9. The van der Waals surface area contributed by atoms with E-state index in [9.17, 15) is 4.79 Å². The van der Waals surface area contributed by atoms with Crippen LogP contribution >= 0.6 is 23.8 Å². The van der Waals surface area contributed by atoms with E-state index >= 15 is 0 Å². The minimum atomic E-state index is -0.286. The summed E-state index contributed by atoms with van der Waals surface area (Å²) in [7, 11) is 0. The van der Waals surface area contributed by atoms with Crippen LogP contribution in [-0.4, -0.2) is 16.0 Å². The highest BCUT2D eigenvalue weighted by atomic mass is 35.5. The Bertz CT molecular complexity index is 1470. The maximum atomic E-state index is 11.9. The van der Waals surface area contributed by atoms with Gasteiger partial charge < -0.3 is 20.0 Å². The molecule has 1 saturated heterocycles. The van der Waals surface area contributed by atoms with E-state index in [1.165, 1.54) is 0 Å². The van der Waals surface area contributed by atoms with Gasteiger partial charge in [-0.05, 0) is 85.7 Å². The number of nitrogens with zero attached hydrogens (tertiary/aromatic N) is 2. The highest BCUT2D eigenvalue weighted by molar-refractivity contribution is 7.80. The van der Waals surface area contributed by atoms with Gasteiger partial charge in [0.1, 0.15) is 17.6 Å². The van der Waals surface area contributed by atoms with Gasteiger partial charge in [0.2, 0.25) is 5.91 Å². The molecule has 8 heteroatoms. The van der Waals surface area contributed by atoms with Crippen molar-refractivity contribution in [2.45, 2.75) is 39.3 Å². The smallest absolute Gasteiger partial charge is 0.224 e. The summed E-state index contributed by atoms with van der Waals surface area (Å²) in [6.45, 7) is 5.79. The summed E-state index contributed by atoms with van der Waals surface area (Å²) in [6.07, 6.45) is 2.19. The van der Waals surface area contributed by atoms with Crippen LogP contribution in [0.15, 0.2) is 77.3 Å². The van der Waals surface area contributed by atoms with Crippen LogP contribution in [-0.2, 0) is 4.79 Å². The lowest BCUT2D eigenvalue weighted by Gasteiger charge is -2.27. The van der Waals surface area contributed by atoms with Crippen molar-refractivity contribution in [3.05, 3.63) is 101 Å². The van der Waals surface area contributed by atoms with Gasteiger partial charge in [0.25, 0.3) is 0 Å². The van der Waals surface area contributed by atoms with Gasteiger partial charge in [-0.15, -0.1) is 0 Å². The molecule has 3 heterocycles. The third-order valence-electron chi connectivity index (χ3n) is 6.63. The van der Waals surface area contributed by atoms with Crippen LogP contribution in [0.5, 0.6) is 0 Å². The molecule has 1 aliphatic rings. The van der Waals surface area contributed by atoms with Crippen molar-refractivity contribution in [1.82, 2.24) is 10.3 Å². The van der Waals surface area contributed by atoms with E-state index < -0.39 is 0 Å². The molecule has 0 spiro atoms. The number of thiocarbonyl (C=S) groups is 1. The number of amides is 1. The van der Waals surface area contributed by atoms with Crippen LogP contribution in [0.4, 0.5) is 11.4 Å². The third kappa shape index (κ3) is 4.84. The van der Waals surface area contributed by atoms with Crippen molar-refractivity contribution in [1.29, 1.82) is 0 Å². The molecule has 37 heavy (non-hydrogen) atoms. The highest BCUT2D eigenvalue weighted by Crippen LogP contribution is 2.44. The number of halogens is 1. The number of pyridine rings is 1. The molecule has 2 aromatic carbocycles. The summed E-state index contributed by atoms with van der Waals surface area (Å²) in [6, 6.07) is 21.0. The zero-order chi connectivity index (χ0) is 26.1. The predicted molar refractivity (Wildman–Crippen MR) is 152 cm³/mol. The maximum absolute atomic E-state index is 11.9. The van der Waals surface area contributed by atoms with Gasteiger partial charge in [0.15, 0.2) is 5.11 Å². The van der Waals surface area contributed by atoms with Crippen molar-refractivity contribution < 1.29 is 9.21 Å². The summed E-state index contributed by atoms with van der Waals surface area (Å²) in [5.41, 5.74) is 5.38. The lowest BCUT2D eigenvalue weighted by Crippen LogP contribution is -2.29. The van der Waals surface area contributed by atoms with Crippen LogP contribution in [0.2, 0.25) is 5.02 Å². The van der Waals surface area contributed by atoms with E-state index in [1.54, 1.807) is 6.20 Å². The number of furan rings is 1. The van der Waals surface area contributed by atoms with Crippen LogP contribution in [0.1, 0.15) is 48.0 Å². The molecule has 2 atom stereocenters. The average Bonchev–Trinajstić information content (AvgIpc) is 3.52. The van der Waals surface area contributed by atoms with Crippen molar-refractivity contribution in [2.75, 3.05) is 10.2 Å². The molecule has 1 amide bonds. The third-order valence-corrected chi connectivity index (χ3v) is 7.36. The number of nitrogens with one attached hydrogen (secondary N) is 2. The topological polar surface area (TPSA) is 70.4 Å². The molecule has 1 aliphatic heterocycles. The first kappa shape index (κ1) is 25.0. The lowest BCUT2D eigenvalue weighted by molar-refractivity contribution is -0.115. The van der Waals surface area contributed by atoms with Gasteiger partial charge in [-0.2, -0.15) is 0 Å². The summed E-state index contributed by atoms with van der Waals surface area (Å²) in [4.78, 5) is 18.6. The SMILES string of the molecule is CCC(=O)Nc1ccc(N2C(=S)N[C@@H](c3ccccn3)[C@H]2c2ccc(-c3cccc(Cl)c3C)o2)cc1C. The summed E-state index contributed by atoms with van der Waals surface area (Å²) in [5.74, 6) is 1.46. The van der Waals surface area contributed by atoms with Crippen LogP contribution < -0.4 is 15.5 Å². The number of carbonyl (C=O) groups excluding carboxylic acids is 1. The molecular weight excluding hydrogens is 504 g/mol. The maximum Gasteiger partial charge on any atom is 0.224 e. The van der Waals surface area contributed by atoms with Crippen LogP contribution in [0.3, 0.4) is 0 Å². The Morgan fingerprint density at radius 3 is 2.70 bits per heavy atom. The number of hydrogen-bond acceptors (Lipinski definition) is 4. The molecule has 0 radical (unpaired) electrons. The lowest BCUT2D eigenvalue weighted by atomic mass is 10.0. The van der Waals surface area contributed by atoms with Gasteiger partial charge in [-0.25, -0.2) is 0 Å². The van der Waals surface area contributed by atoms with Gasteiger partial charge in [-0.1, -0.05) is 36.7 Å². The fourth-order valence-corrected chi connectivity index (χ4v) is 5.15. The van der Waals surface area contributed by atoms with Crippen molar-refractivity contribution >= 4 is 46.2 Å². The van der Waals surface area contributed by atoms with Crippen molar-refractivity contribution in [2.24, 2.45) is 0 Å². The van der Waals surface area contributed by atoms with E-state index in [2.05, 4.69) is 20.5 Å². The van der Waals surface area contributed by atoms with Gasteiger partial charge in [0, 0.05) is 34.6 Å². The zero-order valence-electron chi connectivity index (χ0n) is 20.8. The van der Waals surface area contributed by atoms with E-state index in [0.717, 1.165) is 45.3 Å². The van der Waals surface area contributed by atoms with Gasteiger partial charge >= 0.3 is 0 Å². The van der Waals surface area contributed by atoms with Gasteiger partial charge in [0.05, 0.1) is 11.7 Å². The Morgan fingerprint density at radius 2 is 1.97 bits per heavy atom. The summed E-state index contributed by atoms with van der Waals surface area (Å²) in [5, 5.41) is 7.67. The number of carbonyl (C=O) groups is 1. The molecule has 0 aliphatic carbocycles. The molecule has 188 valence electrons. The molecule has 1 fully saturated rings. The largest absolute Gasteiger partial charge is 0.459 e. The average molecular weight is 531 g/mol. The first-order chi connectivity index (χ1) is 17.9. The minimum Gasteiger partial charge on any atom is -0.459 e. The number of hydrogen-bond donors (Lipinski definition) is 2. The quantitative estimate of drug-likeness (QED) is 0.258.